The van der Waals surface area contributed by atoms with Crippen LogP contribution in [-0.2, 0) is 16.0 Å². The van der Waals surface area contributed by atoms with E-state index in [1.54, 1.807) is 18.2 Å². The molecule has 3 rings (SSSR count). The summed E-state index contributed by atoms with van der Waals surface area (Å²) in [6.45, 7) is 0. The van der Waals surface area contributed by atoms with Crippen molar-refractivity contribution in [2.45, 2.75) is 12.5 Å². The second-order valence-corrected chi connectivity index (χ2v) is 6.03. The molecule has 5 heteroatoms. The standard InChI is InChI=1S/C22H20N2O3/c1-27-22(26)20(24-21(25)19-9-5-6-14-23-19)15-16-10-12-18(13-11-16)17-7-3-2-4-8-17/h2-14,20H,15H2,1H3,(H,24,25)/t20-/m0/s1. The van der Waals surface area contributed by atoms with Crippen molar-refractivity contribution in [3.05, 3.63) is 90.3 Å². The fraction of sp³-hybridized carbons (Fsp3) is 0.136. The van der Waals surface area contributed by atoms with Gasteiger partial charge in [-0.15, -0.1) is 0 Å². The van der Waals surface area contributed by atoms with E-state index >= 15 is 0 Å². The Morgan fingerprint density at radius 2 is 1.59 bits per heavy atom. The van der Waals surface area contributed by atoms with Crippen molar-refractivity contribution in [1.29, 1.82) is 0 Å². The predicted molar refractivity (Wildman–Crippen MR) is 103 cm³/mol. The summed E-state index contributed by atoms with van der Waals surface area (Å²) in [6, 6.07) is 22.2. The van der Waals surface area contributed by atoms with Crippen LogP contribution < -0.4 is 5.32 Å². The van der Waals surface area contributed by atoms with Crippen molar-refractivity contribution >= 4 is 11.9 Å². The Balaban J connectivity index is 1.73. The van der Waals surface area contributed by atoms with Crippen LogP contribution in [0.2, 0.25) is 0 Å². The molecule has 3 aromatic rings. The molecule has 0 spiro atoms. The molecule has 136 valence electrons. The number of methoxy groups -OCH3 is 1. The average molecular weight is 360 g/mol. The summed E-state index contributed by atoms with van der Waals surface area (Å²) in [5.41, 5.74) is 3.39. The Hall–Kier alpha value is -3.47. The van der Waals surface area contributed by atoms with E-state index in [1.165, 1.54) is 13.3 Å². The first-order chi connectivity index (χ1) is 13.2. The maximum atomic E-state index is 12.3. The van der Waals surface area contributed by atoms with Crippen molar-refractivity contribution in [2.75, 3.05) is 7.11 Å². The molecular formula is C22H20N2O3. The summed E-state index contributed by atoms with van der Waals surface area (Å²) in [4.78, 5) is 28.4. The Bertz CT molecular complexity index is 894. The summed E-state index contributed by atoms with van der Waals surface area (Å²) in [5, 5.41) is 2.70. The molecule has 1 heterocycles. The fourth-order valence-corrected chi connectivity index (χ4v) is 2.76. The van der Waals surface area contributed by atoms with Gasteiger partial charge in [-0.05, 0) is 28.8 Å². The van der Waals surface area contributed by atoms with Crippen molar-refractivity contribution in [2.24, 2.45) is 0 Å². The maximum Gasteiger partial charge on any atom is 0.328 e. The normalized spacial score (nSPS) is 11.4. The Labute approximate surface area is 158 Å². The smallest absolute Gasteiger partial charge is 0.328 e. The van der Waals surface area contributed by atoms with Gasteiger partial charge in [0.15, 0.2) is 0 Å². The van der Waals surface area contributed by atoms with Gasteiger partial charge in [0.25, 0.3) is 5.91 Å². The zero-order valence-electron chi connectivity index (χ0n) is 15.0. The molecule has 0 unspecified atom stereocenters. The van der Waals surface area contributed by atoms with E-state index in [1.807, 2.05) is 54.6 Å². The molecule has 0 radical (unpaired) electrons. The first-order valence-electron chi connectivity index (χ1n) is 8.61. The van der Waals surface area contributed by atoms with Gasteiger partial charge in [-0.2, -0.15) is 0 Å². The fourth-order valence-electron chi connectivity index (χ4n) is 2.76. The quantitative estimate of drug-likeness (QED) is 0.685. The van der Waals surface area contributed by atoms with Crippen LogP contribution in [0.3, 0.4) is 0 Å². The monoisotopic (exact) mass is 360 g/mol. The number of hydrogen-bond donors (Lipinski definition) is 1. The lowest BCUT2D eigenvalue weighted by molar-refractivity contribution is -0.142. The van der Waals surface area contributed by atoms with Crippen LogP contribution >= 0.6 is 0 Å². The molecule has 0 aliphatic heterocycles. The molecule has 5 nitrogen and oxygen atoms in total. The Morgan fingerprint density at radius 3 is 2.22 bits per heavy atom. The highest BCUT2D eigenvalue weighted by Crippen LogP contribution is 2.19. The number of rotatable bonds is 6. The summed E-state index contributed by atoms with van der Waals surface area (Å²) < 4.78 is 4.84. The van der Waals surface area contributed by atoms with E-state index in [0.29, 0.717) is 6.42 Å². The molecule has 1 N–H and O–H groups in total. The van der Waals surface area contributed by atoms with Gasteiger partial charge in [-0.25, -0.2) is 4.79 Å². The lowest BCUT2D eigenvalue weighted by Gasteiger charge is -2.16. The van der Waals surface area contributed by atoms with Crippen LogP contribution in [0.15, 0.2) is 79.0 Å². The van der Waals surface area contributed by atoms with Crippen LogP contribution in [0.4, 0.5) is 0 Å². The van der Waals surface area contributed by atoms with E-state index in [4.69, 9.17) is 4.74 Å². The van der Waals surface area contributed by atoms with Gasteiger partial charge in [-0.1, -0.05) is 60.7 Å². The van der Waals surface area contributed by atoms with Crippen molar-refractivity contribution in [1.82, 2.24) is 10.3 Å². The molecule has 1 atom stereocenters. The Morgan fingerprint density at radius 1 is 0.926 bits per heavy atom. The van der Waals surface area contributed by atoms with Crippen molar-refractivity contribution < 1.29 is 14.3 Å². The number of amides is 1. The number of hydrogen-bond acceptors (Lipinski definition) is 4. The lowest BCUT2D eigenvalue weighted by atomic mass is 10.0. The minimum Gasteiger partial charge on any atom is -0.467 e. The number of pyridine rings is 1. The highest BCUT2D eigenvalue weighted by Gasteiger charge is 2.23. The summed E-state index contributed by atoms with van der Waals surface area (Å²) in [5.74, 6) is -0.904. The number of nitrogens with one attached hydrogen (secondary N) is 1. The van der Waals surface area contributed by atoms with E-state index in [2.05, 4.69) is 10.3 Å². The van der Waals surface area contributed by atoms with Crippen molar-refractivity contribution in [3.63, 3.8) is 0 Å². The first kappa shape index (κ1) is 18.3. The topological polar surface area (TPSA) is 68.3 Å². The van der Waals surface area contributed by atoms with Gasteiger partial charge in [0.2, 0.25) is 0 Å². The van der Waals surface area contributed by atoms with E-state index in [-0.39, 0.29) is 5.69 Å². The molecule has 1 amide bonds. The number of aromatic nitrogens is 1. The van der Waals surface area contributed by atoms with Crippen LogP contribution in [-0.4, -0.2) is 30.0 Å². The Kier molecular flexibility index (Phi) is 5.94. The lowest BCUT2D eigenvalue weighted by Crippen LogP contribution is -2.43. The third-order valence-electron chi connectivity index (χ3n) is 4.19. The van der Waals surface area contributed by atoms with E-state index in [0.717, 1.165) is 16.7 Å². The maximum absolute atomic E-state index is 12.3. The second kappa shape index (κ2) is 8.76. The van der Waals surface area contributed by atoms with Crippen molar-refractivity contribution in [3.8, 4) is 11.1 Å². The number of carbonyl (C=O) groups is 2. The second-order valence-electron chi connectivity index (χ2n) is 6.03. The molecule has 0 fully saturated rings. The average Bonchev–Trinajstić information content (AvgIpc) is 2.74. The van der Waals surface area contributed by atoms with Crippen LogP contribution in [0.25, 0.3) is 11.1 Å². The summed E-state index contributed by atoms with van der Waals surface area (Å²) in [7, 11) is 1.31. The third kappa shape index (κ3) is 4.79. The highest BCUT2D eigenvalue weighted by atomic mass is 16.5. The highest BCUT2D eigenvalue weighted by molar-refractivity contribution is 5.95. The van der Waals surface area contributed by atoms with Gasteiger partial charge in [0.1, 0.15) is 11.7 Å². The molecule has 2 aromatic carbocycles. The number of ether oxygens (including phenoxy) is 1. The number of benzene rings is 2. The van der Waals surface area contributed by atoms with Gasteiger partial charge >= 0.3 is 5.97 Å². The molecular weight excluding hydrogens is 340 g/mol. The molecule has 0 bridgehead atoms. The van der Waals surface area contributed by atoms with Gasteiger partial charge in [0, 0.05) is 12.6 Å². The minimum absolute atomic E-state index is 0.255. The van der Waals surface area contributed by atoms with Gasteiger partial charge in [-0.3, -0.25) is 9.78 Å². The van der Waals surface area contributed by atoms with E-state index in [9.17, 15) is 9.59 Å². The zero-order chi connectivity index (χ0) is 19.1. The van der Waals surface area contributed by atoms with Crippen LogP contribution in [0.5, 0.6) is 0 Å². The minimum atomic E-state index is -0.785. The van der Waals surface area contributed by atoms with Gasteiger partial charge in [0.05, 0.1) is 7.11 Å². The molecule has 0 saturated carbocycles. The van der Waals surface area contributed by atoms with Gasteiger partial charge < -0.3 is 10.1 Å². The number of nitrogens with zero attached hydrogens (tertiary/aromatic N) is 1. The number of esters is 1. The van der Waals surface area contributed by atoms with Crippen LogP contribution in [0.1, 0.15) is 16.1 Å². The molecule has 27 heavy (non-hydrogen) atoms. The zero-order valence-corrected chi connectivity index (χ0v) is 15.0. The largest absolute Gasteiger partial charge is 0.467 e. The summed E-state index contributed by atoms with van der Waals surface area (Å²) >= 11 is 0. The third-order valence-corrected chi connectivity index (χ3v) is 4.19. The molecule has 0 aliphatic rings. The van der Waals surface area contributed by atoms with E-state index < -0.39 is 17.9 Å². The molecule has 1 aromatic heterocycles. The predicted octanol–water partition coefficient (Wildman–Crippen LogP) is 3.26. The summed E-state index contributed by atoms with van der Waals surface area (Å²) in [6.07, 6.45) is 1.87. The SMILES string of the molecule is COC(=O)[C@H](Cc1ccc(-c2ccccc2)cc1)NC(=O)c1ccccn1. The van der Waals surface area contributed by atoms with Crippen LogP contribution in [0, 0.1) is 0 Å². The molecule has 0 saturated heterocycles. The first-order valence-corrected chi connectivity index (χ1v) is 8.61. The molecule has 0 aliphatic carbocycles. The number of carbonyl (C=O) groups excluding carboxylic acids is 2.